The fourth-order valence-electron chi connectivity index (χ4n) is 2.26. The molecule has 3 rings (SSSR count). The van der Waals surface area contributed by atoms with Gasteiger partial charge in [0.05, 0.1) is 0 Å². The number of tetrazole rings is 2. The van der Waals surface area contributed by atoms with E-state index in [2.05, 4.69) is 83.2 Å². The zero-order chi connectivity index (χ0) is 26.9. The van der Waals surface area contributed by atoms with Crippen molar-refractivity contribution in [3.63, 3.8) is 0 Å². The summed E-state index contributed by atoms with van der Waals surface area (Å²) in [6.07, 6.45) is 5.24. The number of nitrogens with zero attached hydrogens (tertiary/aromatic N) is 9. The van der Waals surface area contributed by atoms with Crippen LogP contribution in [0.4, 0.5) is 0 Å². The summed E-state index contributed by atoms with van der Waals surface area (Å²) in [4.78, 5) is 3.27. The van der Waals surface area contributed by atoms with Crippen molar-refractivity contribution in [3.8, 4) is 0 Å². The summed E-state index contributed by atoms with van der Waals surface area (Å²) in [6, 6.07) is 0. The molecule has 9 nitrogen and oxygen atoms in total. The van der Waals surface area contributed by atoms with Gasteiger partial charge >= 0.3 is 19.5 Å². The average Bonchev–Trinajstić information content (AvgIpc) is 3.47. The van der Waals surface area contributed by atoms with E-state index in [1.54, 1.807) is 9.36 Å². The molecule has 0 amide bonds. The number of hydrogen-bond acceptors (Lipinski definition) is 6. The topological polar surface area (TPSA) is 91.6 Å². The third-order valence-corrected chi connectivity index (χ3v) is 5.05. The third kappa shape index (κ3) is 13.2. The van der Waals surface area contributed by atoms with Gasteiger partial charge in [-0.15, -0.1) is 0 Å². The van der Waals surface area contributed by atoms with Crippen molar-refractivity contribution in [3.05, 3.63) is 53.7 Å². The minimum absolute atomic E-state index is 0. The first-order valence-electron chi connectivity index (χ1n) is 11.2. The van der Waals surface area contributed by atoms with Gasteiger partial charge in [0.1, 0.15) is 0 Å². The second kappa shape index (κ2) is 14.7. The second-order valence-corrected chi connectivity index (χ2v) is 11.1. The second-order valence-electron chi connectivity index (χ2n) is 11.1. The predicted octanol–water partition coefficient (Wildman–Crippen LogP) is 5.13. The molecule has 1 aliphatic carbocycles. The summed E-state index contributed by atoms with van der Waals surface area (Å²) in [5.41, 5.74) is -0.271. The van der Waals surface area contributed by atoms with E-state index in [1.807, 2.05) is 62.3 Å². The molecule has 0 saturated heterocycles. The maximum absolute atomic E-state index is 6.48. The van der Waals surface area contributed by atoms with E-state index in [0.717, 1.165) is 0 Å². The summed E-state index contributed by atoms with van der Waals surface area (Å²) in [5, 5.41) is 21.1. The van der Waals surface area contributed by atoms with Gasteiger partial charge < -0.3 is 24.4 Å². The Bertz CT molecular complexity index is 733. The first-order valence-corrected chi connectivity index (χ1v) is 11.2. The Morgan fingerprint density at radius 3 is 0.914 bits per heavy atom. The molecule has 195 valence electrons. The standard InChI is InChI=1S/C10H15.2C5H9N4.C5H9N.Rh/c1-6-7(2)9(4)10(5)8(6)3;2*1-5(2,3)9-4-6-7-8-9;1-5(2,3)6-4;/h1-5H3;2*1-3H3;1-3H3;/q;2*-1;;+3. The third-order valence-electron chi connectivity index (χ3n) is 5.05. The Balaban J connectivity index is 0. The molecule has 35 heavy (non-hydrogen) atoms. The van der Waals surface area contributed by atoms with Crippen LogP contribution in [0.5, 0.6) is 0 Å². The molecule has 0 atom stereocenters. The molecule has 2 heterocycles. The van der Waals surface area contributed by atoms with Crippen LogP contribution in [0.3, 0.4) is 0 Å². The quantitative estimate of drug-likeness (QED) is 0.322. The minimum Gasteiger partial charge on any atom is -0.403 e. The van der Waals surface area contributed by atoms with E-state index in [1.165, 1.54) is 29.6 Å². The van der Waals surface area contributed by atoms with Gasteiger partial charge in [-0.3, -0.25) is 0 Å². The van der Waals surface area contributed by atoms with E-state index in [4.69, 9.17) is 6.57 Å². The van der Waals surface area contributed by atoms with E-state index in [-0.39, 0.29) is 36.1 Å². The minimum atomic E-state index is -0.167. The molecule has 0 N–H and O–H groups in total. The van der Waals surface area contributed by atoms with Crippen LogP contribution in [-0.2, 0) is 30.6 Å². The van der Waals surface area contributed by atoms with Crippen molar-refractivity contribution < 1.29 is 19.5 Å². The summed E-state index contributed by atoms with van der Waals surface area (Å²) < 4.78 is 3.18. The fourth-order valence-corrected chi connectivity index (χ4v) is 2.26. The fraction of sp³-hybridized carbons (Fsp3) is 0.680. The average molecular weight is 572 g/mol. The number of rotatable bonds is 0. The van der Waals surface area contributed by atoms with Crippen molar-refractivity contribution >= 4 is 0 Å². The Labute approximate surface area is 226 Å². The van der Waals surface area contributed by atoms with Crippen LogP contribution >= 0.6 is 0 Å². The van der Waals surface area contributed by atoms with Crippen LogP contribution in [0.15, 0.2) is 0 Å². The first-order chi connectivity index (χ1) is 15.3. The van der Waals surface area contributed by atoms with Gasteiger partial charge in [0, 0.05) is 31.8 Å². The van der Waals surface area contributed by atoms with Crippen LogP contribution < -0.4 is 0 Å². The Morgan fingerprint density at radius 2 is 0.829 bits per heavy atom. The van der Waals surface area contributed by atoms with E-state index in [9.17, 15) is 0 Å². The van der Waals surface area contributed by atoms with E-state index < -0.39 is 0 Å². The summed E-state index contributed by atoms with van der Waals surface area (Å²) in [6.45, 7) is 35.2. The summed E-state index contributed by atoms with van der Waals surface area (Å²) in [7, 11) is 0. The van der Waals surface area contributed by atoms with Crippen molar-refractivity contribution in [2.24, 2.45) is 0 Å². The first kappa shape index (κ1) is 35.4. The predicted molar refractivity (Wildman–Crippen MR) is 134 cm³/mol. The van der Waals surface area contributed by atoms with E-state index in [0.29, 0.717) is 0 Å². The molecule has 0 aromatic carbocycles. The van der Waals surface area contributed by atoms with Crippen LogP contribution in [0.25, 0.3) is 4.85 Å². The zero-order valence-corrected chi connectivity index (χ0v) is 25.5. The Kier molecular flexibility index (Phi) is 14.9. The van der Waals surface area contributed by atoms with Crippen LogP contribution in [0.1, 0.15) is 96.9 Å². The smallest absolute Gasteiger partial charge is 0.403 e. The molecule has 0 spiro atoms. The van der Waals surface area contributed by atoms with Crippen molar-refractivity contribution in [1.29, 1.82) is 0 Å². The van der Waals surface area contributed by atoms with Gasteiger partial charge in [-0.2, -0.15) is 0 Å². The Hall–Kier alpha value is -1.75. The van der Waals surface area contributed by atoms with Crippen LogP contribution in [0.2, 0.25) is 0 Å². The Morgan fingerprint density at radius 1 is 0.600 bits per heavy atom. The summed E-state index contributed by atoms with van der Waals surface area (Å²) >= 11 is 0. The molecule has 1 fully saturated rings. The molecule has 1 saturated carbocycles. The molecule has 2 aromatic heterocycles. The zero-order valence-electron chi connectivity index (χ0n) is 23.9. The van der Waals surface area contributed by atoms with Gasteiger partial charge in [0.15, 0.2) is 0 Å². The molecular formula is C25H42N9Rh+. The maximum atomic E-state index is 6.48. The molecule has 0 bridgehead atoms. The molecule has 1 aliphatic rings. The van der Waals surface area contributed by atoms with Gasteiger partial charge in [-0.25, -0.2) is 19.2 Å². The molecule has 10 heteroatoms. The molecule has 5 radical (unpaired) electrons. The monoisotopic (exact) mass is 571 g/mol. The molecule has 0 unspecified atom stereocenters. The molecule has 2 aromatic rings. The largest absolute Gasteiger partial charge is 3.00 e. The van der Waals surface area contributed by atoms with Crippen molar-refractivity contribution in [2.45, 2.75) is 114 Å². The van der Waals surface area contributed by atoms with Crippen molar-refractivity contribution in [2.75, 3.05) is 0 Å². The van der Waals surface area contributed by atoms with Crippen LogP contribution in [-0.4, -0.2) is 46.0 Å². The van der Waals surface area contributed by atoms with Gasteiger partial charge in [0.2, 0.25) is 5.54 Å². The number of hydrogen-bond donors (Lipinski definition) is 0. The van der Waals surface area contributed by atoms with Gasteiger partial charge in [-0.05, 0) is 71.1 Å². The summed E-state index contributed by atoms with van der Waals surface area (Å²) in [5.74, 6) is 7.34. The maximum Gasteiger partial charge on any atom is 3.00 e. The van der Waals surface area contributed by atoms with E-state index >= 15 is 0 Å². The SMILES string of the molecule is CC(C)(C)n1[c-]nnn1.CC(C)(C)n1[c-]nnn1.C[C]1[C](C)[C](C)[C](C)[C]1C.[C-]#[N+]C(C)(C)C.[Rh+3]. The van der Waals surface area contributed by atoms with Gasteiger partial charge in [0.25, 0.3) is 0 Å². The molecule has 0 aliphatic heterocycles. The normalized spacial score (nSPS) is 16.0. The molecular weight excluding hydrogens is 529 g/mol. The van der Waals surface area contributed by atoms with Gasteiger partial charge in [-0.1, -0.05) is 55.5 Å². The number of aromatic nitrogens is 8. The van der Waals surface area contributed by atoms with Crippen molar-refractivity contribution in [1.82, 2.24) is 40.4 Å². The van der Waals surface area contributed by atoms with Crippen LogP contribution in [0, 0.1) is 48.8 Å².